The fourth-order valence-corrected chi connectivity index (χ4v) is 4.89. The Balaban J connectivity index is 1.55. The minimum absolute atomic E-state index is 0.0980. The van der Waals surface area contributed by atoms with Crippen molar-refractivity contribution in [2.75, 3.05) is 17.6 Å². The fourth-order valence-electron chi connectivity index (χ4n) is 3.47. The first-order valence-electron chi connectivity index (χ1n) is 10.2. The van der Waals surface area contributed by atoms with Crippen molar-refractivity contribution in [3.63, 3.8) is 0 Å². The summed E-state index contributed by atoms with van der Waals surface area (Å²) in [6.45, 7) is 3.48. The third-order valence-corrected chi connectivity index (χ3v) is 6.70. The molecule has 0 bridgehead atoms. The van der Waals surface area contributed by atoms with Crippen molar-refractivity contribution in [3.05, 3.63) is 83.4 Å². The molecule has 8 nitrogen and oxygen atoms in total. The molecule has 0 fully saturated rings. The van der Waals surface area contributed by atoms with E-state index in [0.717, 1.165) is 15.4 Å². The zero-order valence-electron chi connectivity index (χ0n) is 18.2. The molecule has 1 aliphatic heterocycles. The molecule has 3 aromatic rings. The highest BCUT2D eigenvalue weighted by atomic mass is 32.2. The van der Waals surface area contributed by atoms with E-state index in [1.165, 1.54) is 18.3 Å². The lowest BCUT2D eigenvalue weighted by Gasteiger charge is -2.24. The Morgan fingerprint density at radius 3 is 2.42 bits per heavy atom. The largest absolute Gasteiger partial charge is 0.454 e. The number of carbonyl (C=O) groups excluding carboxylic acids is 1. The highest BCUT2D eigenvalue weighted by Gasteiger charge is 2.27. The molecular formula is C24H23N3O5S. The van der Waals surface area contributed by atoms with E-state index in [1.54, 1.807) is 48.5 Å². The number of nitrogens with one attached hydrogen (secondary N) is 1. The molecule has 0 aliphatic carbocycles. The molecule has 0 saturated carbocycles. The van der Waals surface area contributed by atoms with Gasteiger partial charge in [-0.1, -0.05) is 24.3 Å². The maximum Gasteiger partial charge on any atom is 0.264 e. The predicted molar refractivity (Wildman–Crippen MR) is 125 cm³/mol. The Morgan fingerprint density at radius 1 is 1.00 bits per heavy atom. The molecule has 0 unspecified atom stereocenters. The minimum atomic E-state index is -3.98. The van der Waals surface area contributed by atoms with Gasteiger partial charge in [-0.05, 0) is 73.0 Å². The number of sulfonamides is 1. The Hall–Kier alpha value is -3.85. The second kappa shape index (κ2) is 9.33. The van der Waals surface area contributed by atoms with Crippen LogP contribution in [0.4, 0.5) is 5.69 Å². The van der Waals surface area contributed by atoms with Crippen LogP contribution in [0.5, 0.6) is 11.5 Å². The lowest BCUT2D eigenvalue weighted by Crippen LogP contribution is -2.39. The van der Waals surface area contributed by atoms with Crippen LogP contribution >= 0.6 is 0 Å². The molecule has 4 rings (SSSR count). The summed E-state index contributed by atoms with van der Waals surface area (Å²) < 4.78 is 38.4. The number of anilines is 1. The molecule has 0 spiro atoms. The Bertz CT molecular complexity index is 1290. The molecule has 1 N–H and O–H groups in total. The van der Waals surface area contributed by atoms with Crippen molar-refractivity contribution in [1.82, 2.24) is 5.43 Å². The predicted octanol–water partition coefficient (Wildman–Crippen LogP) is 3.38. The first-order valence-corrected chi connectivity index (χ1v) is 11.6. The summed E-state index contributed by atoms with van der Waals surface area (Å²) in [6.07, 6.45) is 1.45. The van der Waals surface area contributed by atoms with Crippen LogP contribution in [0.25, 0.3) is 0 Å². The number of aryl methyl sites for hydroxylation is 2. The van der Waals surface area contributed by atoms with Crippen molar-refractivity contribution < 1.29 is 22.7 Å². The van der Waals surface area contributed by atoms with E-state index >= 15 is 0 Å². The number of hydrazone groups is 1. The lowest BCUT2D eigenvalue weighted by atomic mass is 10.1. The molecule has 1 heterocycles. The Morgan fingerprint density at radius 2 is 1.70 bits per heavy atom. The molecule has 0 radical (unpaired) electrons. The minimum Gasteiger partial charge on any atom is -0.454 e. The summed E-state index contributed by atoms with van der Waals surface area (Å²) in [5, 5.41) is 3.96. The van der Waals surface area contributed by atoms with Gasteiger partial charge in [0.05, 0.1) is 16.8 Å². The molecule has 0 aromatic heterocycles. The highest BCUT2D eigenvalue weighted by Crippen LogP contribution is 2.32. The van der Waals surface area contributed by atoms with Gasteiger partial charge in [0.25, 0.3) is 15.9 Å². The van der Waals surface area contributed by atoms with E-state index in [4.69, 9.17) is 9.47 Å². The number of ether oxygens (including phenoxy) is 2. The lowest BCUT2D eigenvalue weighted by molar-refractivity contribution is -0.119. The van der Waals surface area contributed by atoms with E-state index in [1.807, 2.05) is 19.9 Å². The molecule has 3 aromatic carbocycles. The molecule has 1 aliphatic rings. The van der Waals surface area contributed by atoms with Gasteiger partial charge in [0, 0.05) is 0 Å². The van der Waals surface area contributed by atoms with Crippen LogP contribution in [0.15, 0.2) is 76.7 Å². The third kappa shape index (κ3) is 5.15. The summed E-state index contributed by atoms with van der Waals surface area (Å²) in [5.74, 6) is 0.664. The second-order valence-electron chi connectivity index (χ2n) is 7.58. The van der Waals surface area contributed by atoms with Crippen molar-refractivity contribution in [2.24, 2.45) is 5.10 Å². The van der Waals surface area contributed by atoms with Gasteiger partial charge in [-0.3, -0.25) is 9.10 Å². The van der Waals surface area contributed by atoms with Crippen LogP contribution in [0.1, 0.15) is 16.7 Å². The van der Waals surface area contributed by atoms with Gasteiger partial charge in [-0.2, -0.15) is 5.10 Å². The maximum atomic E-state index is 13.4. The van der Waals surface area contributed by atoms with Gasteiger partial charge in [0.2, 0.25) is 6.79 Å². The molecule has 170 valence electrons. The number of nitrogens with zero attached hydrogens (tertiary/aromatic N) is 2. The van der Waals surface area contributed by atoms with Gasteiger partial charge in [0.1, 0.15) is 6.54 Å². The van der Waals surface area contributed by atoms with Crippen LogP contribution in [-0.2, 0) is 14.8 Å². The monoisotopic (exact) mass is 465 g/mol. The molecular weight excluding hydrogens is 442 g/mol. The van der Waals surface area contributed by atoms with Gasteiger partial charge in [-0.15, -0.1) is 0 Å². The van der Waals surface area contributed by atoms with E-state index in [9.17, 15) is 13.2 Å². The van der Waals surface area contributed by atoms with Gasteiger partial charge in [-0.25, -0.2) is 13.8 Å². The maximum absolute atomic E-state index is 13.4. The zero-order valence-corrected chi connectivity index (χ0v) is 19.0. The van der Waals surface area contributed by atoms with Crippen LogP contribution in [0.2, 0.25) is 0 Å². The number of fused-ring (bicyclic) bond motifs is 1. The number of hydrogen-bond acceptors (Lipinski definition) is 6. The molecule has 33 heavy (non-hydrogen) atoms. The average molecular weight is 466 g/mol. The van der Waals surface area contributed by atoms with Crippen molar-refractivity contribution >= 4 is 27.8 Å². The summed E-state index contributed by atoms with van der Waals surface area (Å²) in [5.41, 5.74) is 5.29. The molecule has 1 amide bonds. The molecule has 0 atom stereocenters. The SMILES string of the molecule is Cc1cc(C)cc(N(CC(=O)NN=Cc2ccc3c(c2)OCO3)S(=O)(=O)c2ccccc2)c1. The topological polar surface area (TPSA) is 97.3 Å². The fraction of sp³-hybridized carbons (Fsp3) is 0.167. The number of hydrogen-bond donors (Lipinski definition) is 1. The van der Waals surface area contributed by atoms with E-state index in [2.05, 4.69) is 10.5 Å². The second-order valence-corrected chi connectivity index (χ2v) is 9.44. The first kappa shape index (κ1) is 22.3. The van der Waals surface area contributed by atoms with Crippen molar-refractivity contribution in [1.29, 1.82) is 0 Å². The first-order chi connectivity index (χ1) is 15.8. The van der Waals surface area contributed by atoms with Gasteiger partial charge in [0.15, 0.2) is 11.5 Å². The van der Waals surface area contributed by atoms with E-state index in [-0.39, 0.29) is 11.7 Å². The zero-order chi connectivity index (χ0) is 23.4. The normalized spacial score (nSPS) is 12.7. The quantitative estimate of drug-likeness (QED) is 0.426. The van der Waals surface area contributed by atoms with Gasteiger partial charge < -0.3 is 9.47 Å². The Labute approximate surface area is 192 Å². The van der Waals surface area contributed by atoms with Gasteiger partial charge >= 0.3 is 0 Å². The third-order valence-electron chi connectivity index (χ3n) is 4.91. The summed E-state index contributed by atoms with van der Waals surface area (Å²) in [6, 6.07) is 18.7. The van der Waals surface area contributed by atoms with Crippen molar-refractivity contribution in [3.8, 4) is 11.5 Å². The average Bonchev–Trinajstić information content (AvgIpc) is 3.25. The number of rotatable bonds is 7. The van der Waals surface area contributed by atoms with Crippen LogP contribution in [0.3, 0.4) is 0 Å². The summed E-state index contributed by atoms with van der Waals surface area (Å²) in [4.78, 5) is 12.8. The molecule has 0 saturated heterocycles. The van der Waals surface area contributed by atoms with Crippen LogP contribution in [-0.4, -0.2) is 33.9 Å². The summed E-state index contributed by atoms with van der Waals surface area (Å²) >= 11 is 0. The summed E-state index contributed by atoms with van der Waals surface area (Å²) in [7, 11) is -3.98. The van der Waals surface area contributed by atoms with E-state index < -0.39 is 22.5 Å². The Kier molecular flexibility index (Phi) is 6.32. The number of benzene rings is 3. The van der Waals surface area contributed by atoms with Crippen LogP contribution in [0, 0.1) is 13.8 Å². The smallest absolute Gasteiger partial charge is 0.264 e. The van der Waals surface area contributed by atoms with E-state index in [0.29, 0.717) is 22.7 Å². The number of carbonyl (C=O) groups is 1. The molecule has 9 heteroatoms. The highest BCUT2D eigenvalue weighted by molar-refractivity contribution is 7.92. The number of amides is 1. The standard InChI is InChI=1S/C24H23N3O5S/c1-17-10-18(2)12-20(11-17)27(33(29,30)21-6-4-3-5-7-21)15-24(28)26-25-14-19-8-9-22-23(13-19)32-16-31-22/h3-14H,15-16H2,1-2H3,(H,26,28). The van der Waals surface area contributed by atoms with Crippen molar-refractivity contribution in [2.45, 2.75) is 18.7 Å². The van der Waals surface area contributed by atoms with Crippen LogP contribution < -0.4 is 19.2 Å².